The van der Waals surface area contributed by atoms with Crippen molar-refractivity contribution in [2.75, 3.05) is 78.5 Å². The van der Waals surface area contributed by atoms with Gasteiger partial charge in [0.1, 0.15) is 5.56 Å². The Hall–Kier alpha value is -3.33. The molecule has 1 aromatic heterocycles. The Bertz CT molecular complexity index is 946. The maximum absolute atomic E-state index is 12.7. The molecular weight excluding hydrogens is 512 g/mol. The molecule has 2 rings (SSSR count). The summed E-state index contributed by atoms with van der Waals surface area (Å²) < 4.78 is 0.651. The van der Waals surface area contributed by atoms with Crippen LogP contribution in [-0.4, -0.2) is 137 Å². The van der Waals surface area contributed by atoms with Crippen LogP contribution in [0.5, 0.6) is 0 Å². The van der Waals surface area contributed by atoms with Gasteiger partial charge in [0, 0.05) is 65.0 Å². The summed E-state index contributed by atoms with van der Waals surface area (Å²) in [4.78, 5) is 53.5. The van der Waals surface area contributed by atoms with E-state index in [1.165, 1.54) is 6.20 Å². The fourth-order valence-electron chi connectivity index (χ4n) is 4.26. The molecule has 218 valence electrons. The number of carboxylic acids is 3. The number of pyridine rings is 1. The summed E-state index contributed by atoms with van der Waals surface area (Å²) in [5.74, 6) is -3.35. The third-order valence-corrected chi connectivity index (χ3v) is 6.46. The topological polar surface area (TPSA) is 181 Å². The lowest BCUT2D eigenvalue weighted by Crippen LogP contribution is -2.49. The fourth-order valence-corrected chi connectivity index (χ4v) is 4.26. The minimum Gasteiger partial charge on any atom is -0.618 e. The standard InChI is InChI=1S/C25H40N6O8/c1-2-3-6-26-25(38)20-4-5-21(31(39)15-20)16-27-7-9-28(17-22(32)33)11-13-30(19-24(36)37)14-12-29(10-8-27)18-23(34)35/h4-5,15H,2-3,6-14,16-19H2,1H3,(H,26,38)(H,32,33)(H,34,35)(H,36,37). The van der Waals surface area contributed by atoms with E-state index in [1.807, 2.05) is 11.8 Å². The van der Waals surface area contributed by atoms with Crippen LogP contribution >= 0.6 is 0 Å². The molecule has 0 bridgehead atoms. The Morgan fingerprint density at radius 3 is 1.62 bits per heavy atom. The lowest BCUT2D eigenvalue weighted by molar-refractivity contribution is -0.615. The highest BCUT2D eigenvalue weighted by Gasteiger charge is 2.22. The molecule has 0 spiro atoms. The number of aliphatic carboxylic acids is 3. The molecule has 0 atom stereocenters. The number of hydrogen-bond donors (Lipinski definition) is 4. The summed E-state index contributed by atoms with van der Waals surface area (Å²) in [5, 5.41) is 43.5. The largest absolute Gasteiger partial charge is 0.618 e. The van der Waals surface area contributed by atoms with Crippen molar-refractivity contribution >= 4 is 23.8 Å². The molecule has 2 heterocycles. The van der Waals surface area contributed by atoms with Gasteiger partial charge in [-0.05, 0) is 12.5 Å². The number of nitrogens with one attached hydrogen (secondary N) is 1. The number of aromatic nitrogens is 1. The molecule has 0 radical (unpaired) electrons. The molecule has 1 amide bonds. The van der Waals surface area contributed by atoms with Crippen LogP contribution in [0.2, 0.25) is 0 Å². The smallest absolute Gasteiger partial charge is 0.317 e. The number of rotatable bonds is 12. The quantitative estimate of drug-likeness (QED) is 0.139. The first kappa shape index (κ1) is 31.9. The summed E-state index contributed by atoms with van der Waals surface area (Å²) >= 11 is 0. The van der Waals surface area contributed by atoms with Crippen LogP contribution in [0.3, 0.4) is 0 Å². The van der Waals surface area contributed by atoms with Gasteiger partial charge in [0.2, 0.25) is 5.69 Å². The summed E-state index contributed by atoms with van der Waals surface area (Å²) in [6, 6.07) is 3.18. The SMILES string of the molecule is CCCCNC(=O)c1ccc(CN2CCN(CC(=O)O)CCN(CC(=O)O)CCN(CC(=O)O)CC2)[n+]([O-])c1. The van der Waals surface area contributed by atoms with E-state index >= 15 is 0 Å². The molecular formula is C25H40N6O8. The first-order valence-electron chi connectivity index (χ1n) is 13.1. The van der Waals surface area contributed by atoms with Gasteiger partial charge in [0.25, 0.3) is 5.91 Å². The average molecular weight is 553 g/mol. The zero-order valence-corrected chi connectivity index (χ0v) is 22.5. The lowest BCUT2D eigenvalue weighted by atomic mass is 10.2. The predicted molar refractivity (Wildman–Crippen MR) is 140 cm³/mol. The number of hydrogen-bond acceptors (Lipinski definition) is 9. The highest BCUT2D eigenvalue weighted by atomic mass is 16.5. The van der Waals surface area contributed by atoms with E-state index in [2.05, 4.69) is 5.32 Å². The highest BCUT2D eigenvalue weighted by Crippen LogP contribution is 2.06. The van der Waals surface area contributed by atoms with Crippen molar-refractivity contribution in [2.45, 2.75) is 26.3 Å². The van der Waals surface area contributed by atoms with Crippen LogP contribution in [0.15, 0.2) is 18.3 Å². The van der Waals surface area contributed by atoms with Crippen LogP contribution < -0.4 is 10.0 Å². The number of nitrogens with zero attached hydrogens (tertiary/aromatic N) is 5. The van der Waals surface area contributed by atoms with Crippen molar-refractivity contribution in [3.63, 3.8) is 0 Å². The average Bonchev–Trinajstić information content (AvgIpc) is 2.85. The second-order valence-corrected chi connectivity index (χ2v) is 9.63. The Morgan fingerprint density at radius 2 is 1.23 bits per heavy atom. The third kappa shape index (κ3) is 12.4. The molecule has 1 aromatic rings. The predicted octanol–water partition coefficient (Wildman–Crippen LogP) is -1.17. The minimum atomic E-state index is -1.02. The molecule has 14 heteroatoms. The Balaban J connectivity index is 2.18. The second kappa shape index (κ2) is 16.6. The monoisotopic (exact) mass is 552 g/mol. The van der Waals surface area contributed by atoms with Gasteiger partial charge in [-0.25, -0.2) is 0 Å². The van der Waals surface area contributed by atoms with E-state index in [0.29, 0.717) is 69.3 Å². The number of amides is 1. The van der Waals surface area contributed by atoms with Crippen molar-refractivity contribution < 1.29 is 39.2 Å². The molecule has 0 aliphatic carbocycles. The van der Waals surface area contributed by atoms with E-state index in [1.54, 1.807) is 26.8 Å². The summed E-state index contributed by atoms with van der Waals surface area (Å²) in [6.45, 7) is 4.82. The van der Waals surface area contributed by atoms with Gasteiger partial charge in [-0.2, -0.15) is 4.73 Å². The van der Waals surface area contributed by atoms with Gasteiger partial charge >= 0.3 is 17.9 Å². The molecule has 0 saturated carbocycles. The van der Waals surface area contributed by atoms with Crippen molar-refractivity contribution in [2.24, 2.45) is 0 Å². The number of carbonyl (C=O) groups is 4. The van der Waals surface area contributed by atoms with Gasteiger partial charge < -0.3 is 25.8 Å². The van der Waals surface area contributed by atoms with Gasteiger partial charge in [-0.15, -0.1) is 0 Å². The second-order valence-electron chi connectivity index (χ2n) is 9.63. The van der Waals surface area contributed by atoms with Gasteiger partial charge in [0.15, 0.2) is 6.20 Å². The summed E-state index contributed by atoms with van der Waals surface area (Å²) in [6.07, 6.45) is 3.01. The highest BCUT2D eigenvalue weighted by molar-refractivity contribution is 5.93. The first-order chi connectivity index (χ1) is 18.6. The normalized spacial score (nSPS) is 17.2. The number of carbonyl (C=O) groups excluding carboxylic acids is 1. The summed E-state index contributed by atoms with van der Waals surface area (Å²) in [7, 11) is 0. The van der Waals surface area contributed by atoms with Crippen LogP contribution in [-0.2, 0) is 20.9 Å². The van der Waals surface area contributed by atoms with Gasteiger partial charge in [-0.1, -0.05) is 13.3 Å². The Labute approximate surface area is 228 Å². The maximum atomic E-state index is 12.7. The molecule has 1 aliphatic rings. The molecule has 1 fully saturated rings. The maximum Gasteiger partial charge on any atom is 0.317 e. The minimum absolute atomic E-state index is 0.216. The molecule has 14 nitrogen and oxygen atoms in total. The van der Waals surface area contributed by atoms with Gasteiger partial charge in [0.05, 0.1) is 26.2 Å². The Morgan fingerprint density at radius 1 is 0.795 bits per heavy atom. The van der Waals surface area contributed by atoms with Crippen molar-refractivity contribution in [1.82, 2.24) is 24.9 Å². The molecule has 4 N–H and O–H groups in total. The lowest BCUT2D eigenvalue weighted by Gasteiger charge is -2.32. The van der Waals surface area contributed by atoms with Crippen LogP contribution in [0.25, 0.3) is 0 Å². The van der Waals surface area contributed by atoms with Crippen LogP contribution in [0.1, 0.15) is 35.8 Å². The van der Waals surface area contributed by atoms with Crippen LogP contribution in [0.4, 0.5) is 0 Å². The van der Waals surface area contributed by atoms with Gasteiger partial charge in [-0.3, -0.25) is 38.8 Å². The molecule has 1 saturated heterocycles. The number of carboxylic acid groups (broad SMARTS) is 3. The third-order valence-electron chi connectivity index (χ3n) is 6.46. The Kier molecular flexibility index (Phi) is 13.6. The molecule has 0 unspecified atom stereocenters. The fraction of sp³-hybridized carbons (Fsp3) is 0.640. The van der Waals surface area contributed by atoms with Crippen molar-refractivity contribution in [3.8, 4) is 0 Å². The molecule has 0 aromatic carbocycles. The van der Waals surface area contributed by atoms with E-state index in [-0.39, 0.29) is 37.6 Å². The van der Waals surface area contributed by atoms with Crippen LogP contribution in [0, 0.1) is 5.21 Å². The molecule has 1 aliphatic heterocycles. The van der Waals surface area contributed by atoms with E-state index in [0.717, 1.165) is 12.8 Å². The zero-order valence-electron chi connectivity index (χ0n) is 22.5. The van der Waals surface area contributed by atoms with E-state index < -0.39 is 17.9 Å². The zero-order chi connectivity index (χ0) is 28.8. The van der Waals surface area contributed by atoms with E-state index in [9.17, 15) is 39.7 Å². The molecule has 39 heavy (non-hydrogen) atoms. The number of unbranched alkanes of at least 4 members (excludes halogenated alkanes) is 1. The summed E-state index contributed by atoms with van der Waals surface area (Å²) in [5.41, 5.74) is 0.652. The van der Waals surface area contributed by atoms with Crippen molar-refractivity contribution in [3.05, 3.63) is 34.8 Å². The van der Waals surface area contributed by atoms with Crippen molar-refractivity contribution in [1.29, 1.82) is 0 Å². The van der Waals surface area contributed by atoms with E-state index in [4.69, 9.17) is 0 Å². The first-order valence-corrected chi connectivity index (χ1v) is 13.1.